The molecule has 0 unspecified atom stereocenters. The van der Waals surface area contributed by atoms with E-state index in [1.54, 1.807) is 24.4 Å². The Morgan fingerprint density at radius 2 is 1.06 bits per heavy atom. The van der Waals surface area contributed by atoms with Gasteiger partial charge in [-0.25, -0.2) is 18.4 Å². The van der Waals surface area contributed by atoms with E-state index in [-0.39, 0.29) is 67.1 Å². The first-order chi connectivity index (χ1) is 41.7. The lowest BCUT2D eigenvalue weighted by Crippen LogP contribution is -2.45. The number of rotatable bonds is 19. The van der Waals surface area contributed by atoms with Crippen molar-refractivity contribution in [3.63, 3.8) is 0 Å². The number of aromatic nitrogens is 6. The summed E-state index contributed by atoms with van der Waals surface area (Å²) < 4.78 is 34.7. The number of aliphatic hydroxyl groups excluding tert-OH is 2. The number of anilines is 2. The molecule has 0 aliphatic carbocycles. The van der Waals surface area contributed by atoms with Crippen molar-refractivity contribution in [2.75, 3.05) is 88.7 Å². The Kier molecular flexibility index (Phi) is 17.7. The summed E-state index contributed by atoms with van der Waals surface area (Å²) in [5.74, 6) is 2.36. The van der Waals surface area contributed by atoms with Crippen LogP contribution in [0.3, 0.4) is 0 Å². The number of carbonyl (C=O) groups excluding carboxylic acids is 2. The number of nitrogens with one attached hydrogen (secondary N) is 6. The number of sulfone groups is 1. The molecule has 87 heavy (non-hydrogen) atoms. The standard InChI is InChI=1S/C33H40N6O6S.C31H36N6O4/c1-20-4-5-29(21(2)14-20)45-19-24(40)17-35-26-6-9-34-32(41)30(26)31-36-27-15-22-18-39(33(42)25(22)16-28(27)37-31)23-7-10-38(11-8-23)12-13-46(3,43)44;1-18-4-5-27(19(2)12-18)41-17-22(38)15-33-24-6-9-32-30(39)28(24)29-34-25-13-20-16-37(21-7-10-36(3)11-8-21)31(40)23(20)14-26(25)35-29/h4-6,9,14-16,23-24,40H,7-8,10-13,17-19H2,1-3H3,(H,36,37)(H2,34,35,41);4-6,9,12-14,21-22,38H,7-8,10-11,15-17H2,1-3H3,(H,34,35)(H2,32,33,39)/t24-;22-/m11/s1. The zero-order valence-corrected chi connectivity index (χ0v) is 50.8. The van der Waals surface area contributed by atoms with Gasteiger partial charge in [0.2, 0.25) is 0 Å². The smallest absolute Gasteiger partial charge is 0.261 e. The summed E-state index contributed by atoms with van der Waals surface area (Å²) in [7, 11) is -0.893. The SMILES string of the molecule is Cc1ccc(OC[C@H](O)CNc2cc[nH]c(=O)c2-c2nc3cc4c(cc3[nH]2)CN(C2CCN(C)CC2)C4=O)c(C)c1.Cc1ccc(OC[C@H](O)CNc2cc[nH]c(=O)c2-c2nc3cc4c(cc3[nH]2)CN(C2CCN(CCS(C)(=O)=O)CC2)C4=O)c(C)c1. The number of piperidine rings is 2. The topological polar surface area (TPSA) is 287 Å². The van der Waals surface area contributed by atoms with Crippen molar-refractivity contribution in [3.05, 3.63) is 150 Å². The van der Waals surface area contributed by atoms with Gasteiger partial charge in [0.25, 0.3) is 22.9 Å². The second kappa shape index (κ2) is 25.5. The molecule has 8 N–H and O–H groups in total. The summed E-state index contributed by atoms with van der Waals surface area (Å²) in [4.78, 5) is 82.4. The molecule has 0 saturated carbocycles. The van der Waals surface area contributed by atoms with Crippen molar-refractivity contribution < 1.29 is 37.7 Å². The molecular weight excluding hydrogens is 1130 g/mol. The molecule has 2 saturated heterocycles. The molecule has 2 amide bonds. The zero-order chi connectivity index (χ0) is 61.3. The highest BCUT2D eigenvalue weighted by Gasteiger charge is 2.37. The molecule has 0 bridgehead atoms. The summed E-state index contributed by atoms with van der Waals surface area (Å²) in [6.07, 6.45) is 6.26. The molecule has 4 aromatic heterocycles. The minimum Gasteiger partial charge on any atom is -0.491 e. The first kappa shape index (κ1) is 60.3. The van der Waals surface area contributed by atoms with Gasteiger partial charge in [0.15, 0.2) is 0 Å². The number of amides is 2. The monoisotopic (exact) mass is 1200 g/mol. The fraction of sp³-hybridized carbons (Fsp3) is 0.406. The number of aliphatic hydroxyl groups is 2. The van der Waals surface area contributed by atoms with E-state index in [0.717, 1.165) is 102 Å². The molecule has 4 aromatic carbocycles. The average molecular weight is 1210 g/mol. The largest absolute Gasteiger partial charge is 0.491 e. The number of fused-ring (bicyclic) bond motifs is 4. The number of nitrogens with zero attached hydrogens (tertiary/aromatic N) is 6. The second-order valence-corrected chi connectivity index (χ2v) is 26.0. The van der Waals surface area contributed by atoms with Gasteiger partial charge in [0.05, 0.1) is 39.2 Å². The third kappa shape index (κ3) is 13.8. The molecule has 458 valence electrons. The van der Waals surface area contributed by atoms with Gasteiger partial charge in [-0.05, 0) is 144 Å². The first-order valence-electron chi connectivity index (χ1n) is 29.7. The molecule has 4 aliphatic heterocycles. The van der Waals surface area contributed by atoms with Crippen LogP contribution in [-0.2, 0) is 22.9 Å². The molecule has 0 spiro atoms. The highest BCUT2D eigenvalue weighted by molar-refractivity contribution is 7.90. The van der Waals surface area contributed by atoms with Gasteiger partial charge in [0.1, 0.15) is 69.5 Å². The number of ether oxygens (including phenoxy) is 2. The Morgan fingerprint density at radius 1 is 0.621 bits per heavy atom. The van der Waals surface area contributed by atoms with E-state index in [4.69, 9.17) is 19.4 Å². The van der Waals surface area contributed by atoms with Crippen LogP contribution in [0.4, 0.5) is 11.4 Å². The maximum absolute atomic E-state index is 13.5. The molecule has 2 fully saturated rings. The number of H-pyrrole nitrogens is 4. The van der Waals surface area contributed by atoms with Gasteiger partial charge < -0.3 is 69.9 Å². The predicted molar refractivity (Wildman–Crippen MR) is 336 cm³/mol. The maximum atomic E-state index is 13.5. The Hall–Kier alpha value is -8.35. The van der Waals surface area contributed by atoms with Gasteiger partial charge >= 0.3 is 0 Å². The Balaban J connectivity index is 0.000000181. The van der Waals surface area contributed by atoms with E-state index in [9.17, 15) is 37.8 Å². The fourth-order valence-corrected chi connectivity index (χ4v) is 12.7. The first-order valence-corrected chi connectivity index (χ1v) is 31.7. The molecule has 12 rings (SSSR count). The van der Waals surface area contributed by atoms with E-state index < -0.39 is 22.0 Å². The van der Waals surface area contributed by atoms with Crippen LogP contribution in [0.5, 0.6) is 11.5 Å². The Morgan fingerprint density at radius 3 is 1.48 bits per heavy atom. The normalized spacial score (nSPS) is 16.7. The highest BCUT2D eigenvalue weighted by atomic mass is 32.2. The quantitative estimate of drug-likeness (QED) is 0.0442. The minimum absolute atomic E-state index is 0.0343. The number of aromatic amines is 4. The molecule has 8 aromatic rings. The molecule has 23 heteroatoms. The van der Waals surface area contributed by atoms with E-state index >= 15 is 0 Å². The fourth-order valence-electron chi connectivity index (χ4n) is 12.2. The third-order valence-electron chi connectivity index (χ3n) is 17.0. The summed E-state index contributed by atoms with van der Waals surface area (Å²) in [6.45, 7) is 13.6. The number of imidazole rings is 2. The number of benzene rings is 4. The summed E-state index contributed by atoms with van der Waals surface area (Å²) in [5.41, 5.74) is 11.2. The van der Waals surface area contributed by atoms with Crippen LogP contribution in [0.2, 0.25) is 0 Å². The van der Waals surface area contributed by atoms with Gasteiger partial charge in [-0.2, -0.15) is 0 Å². The minimum atomic E-state index is -3.01. The van der Waals surface area contributed by atoms with Crippen molar-refractivity contribution in [1.82, 2.24) is 49.5 Å². The predicted octanol–water partition coefficient (Wildman–Crippen LogP) is 6.29. The molecule has 22 nitrogen and oxygen atoms in total. The number of hydrogen-bond donors (Lipinski definition) is 8. The van der Waals surface area contributed by atoms with Crippen LogP contribution in [-0.4, -0.2) is 182 Å². The zero-order valence-electron chi connectivity index (χ0n) is 50.0. The van der Waals surface area contributed by atoms with Crippen LogP contribution in [0.25, 0.3) is 44.8 Å². The summed E-state index contributed by atoms with van der Waals surface area (Å²) in [6, 6.07) is 23.1. The van der Waals surface area contributed by atoms with E-state index in [0.29, 0.717) is 81.7 Å². The lowest BCUT2D eigenvalue weighted by Gasteiger charge is -2.36. The lowest BCUT2D eigenvalue weighted by atomic mass is 10.0. The number of carbonyl (C=O) groups is 2. The van der Waals surface area contributed by atoms with Gasteiger partial charge in [-0.15, -0.1) is 0 Å². The van der Waals surface area contributed by atoms with Gasteiger partial charge in [-0.3, -0.25) is 19.2 Å². The highest BCUT2D eigenvalue weighted by Crippen LogP contribution is 2.35. The van der Waals surface area contributed by atoms with Crippen molar-refractivity contribution in [2.45, 2.75) is 90.8 Å². The maximum Gasteiger partial charge on any atom is 0.261 e. The van der Waals surface area contributed by atoms with Crippen LogP contribution in [0, 0.1) is 27.7 Å². The van der Waals surface area contributed by atoms with Crippen LogP contribution in [0.15, 0.2) is 94.8 Å². The Bertz CT molecular complexity index is 4100. The van der Waals surface area contributed by atoms with Crippen molar-refractivity contribution in [2.24, 2.45) is 0 Å². The van der Waals surface area contributed by atoms with Crippen LogP contribution in [0.1, 0.15) is 79.8 Å². The number of aryl methyl sites for hydroxylation is 4. The van der Waals surface area contributed by atoms with E-state index in [1.165, 1.54) is 12.5 Å². The summed E-state index contributed by atoms with van der Waals surface area (Å²) >= 11 is 0. The Labute approximate surface area is 504 Å². The third-order valence-corrected chi connectivity index (χ3v) is 17.9. The van der Waals surface area contributed by atoms with Crippen molar-refractivity contribution in [1.29, 1.82) is 0 Å². The van der Waals surface area contributed by atoms with Crippen molar-refractivity contribution >= 4 is 55.1 Å². The molecule has 2 atom stereocenters. The van der Waals surface area contributed by atoms with Gasteiger partial charge in [0, 0.05) is 87.7 Å². The number of hydrogen-bond acceptors (Lipinski definition) is 16. The van der Waals surface area contributed by atoms with Gasteiger partial charge in [-0.1, -0.05) is 35.4 Å². The molecule has 8 heterocycles. The summed E-state index contributed by atoms with van der Waals surface area (Å²) in [5, 5.41) is 27.5. The van der Waals surface area contributed by atoms with Crippen molar-refractivity contribution in [3.8, 4) is 34.3 Å². The molecule has 4 aliphatic rings. The average Bonchev–Trinajstić information content (AvgIpc) is 2.85. The van der Waals surface area contributed by atoms with Crippen LogP contribution >= 0.6 is 0 Å². The van der Waals surface area contributed by atoms with E-state index in [2.05, 4.69) is 47.4 Å². The van der Waals surface area contributed by atoms with E-state index in [1.807, 2.05) is 92.1 Å². The lowest BCUT2D eigenvalue weighted by molar-refractivity contribution is 0.0600. The number of pyridine rings is 2. The number of likely N-dealkylation sites (tertiary alicyclic amines) is 2. The van der Waals surface area contributed by atoms with Crippen LogP contribution < -0.4 is 31.2 Å². The molecule has 0 radical (unpaired) electrons. The molecular formula is C64H76N12O10S. The second-order valence-electron chi connectivity index (χ2n) is 23.7.